The Labute approximate surface area is 169 Å². The molecule has 2 aromatic carbocycles. The number of rotatable bonds is 10. The Morgan fingerprint density at radius 3 is 2.56 bits per heavy atom. The molecular formula is C22H26BrNO3. The minimum absolute atomic E-state index is 0.110. The minimum atomic E-state index is -0.357. The van der Waals surface area contributed by atoms with Crippen LogP contribution in [-0.2, 0) is 32.8 Å². The summed E-state index contributed by atoms with van der Waals surface area (Å²) >= 11 is 3.50. The first-order chi connectivity index (χ1) is 13.1. The lowest BCUT2D eigenvalue weighted by Crippen LogP contribution is -2.34. The Morgan fingerprint density at radius 2 is 1.81 bits per heavy atom. The maximum Gasteiger partial charge on any atom is 0.230 e. The quantitative estimate of drug-likeness (QED) is 0.568. The molecule has 0 atom stereocenters. The van der Waals surface area contributed by atoms with Crippen molar-refractivity contribution in [2.75, 3.05) is 19.8 Å². The summed E-state index contributed by atoms with van der Waals surface area (Å²) < 4.78 is 11.9. The zero-order chi connectivity index (χ0) is 19.1. The van der Waals surface area contributed by atoms with Gasteiger partial charge >= 0.3 is 0 Å². The van der Waals surface area contributed by atoms with E-state index in [9.17, 15) is 4.79 Å². The van der Waals surface area contributed by atoms with Gasteiger partial charge in [-0.15, -0.1) is 0 Å². The number of nitrogens with one attached hydrogen (secondary N) is 1. The van der Waals surface area contributed by atoms with Crippen molar-refractivity contribution in [1.82, 2.24) is 5.32 Å². The van der Waals surface area contributed by atoms with Crippen molar-refractivity contribution in [2.24, 2.45) is 0 Å². The monoisotopic (exact) mass is 431 g/mol. The van der Waals surface area contributed by atoms with Crippen LogP contribution in [0.5, 0.6) is 0 Å². The molecule has 1 aliphatic carbocycles. The van der Waals surface area contributed by atoms with E-state index in [0.29, 0.717) is 33.0 Å². The highest BCUT2D eigenvalue weighted by atomic mass is 79.9. The van der Waals surface area contributed by atoms with Gasteiger partial charge in [0.1, 0.15) is 0 Å². The van der Waals surface area contributed by atoms with Crippen molar-refractivity contribution in [3.63, 3.8) is 0 Å². The van der Waals surface area contributed by atoms with Gasteiger partial charge in [0, 0.05) is 17.6 Å². The molecule has 1 N–H and O–H groups in total. The molecular weight excluding hydrogens is 406 g/mol. The molecule has 144 valence electrons. The first-order valence-electron chi connectivity index (χ1n) is 9.42. The average molecular weight is 432 g/mol. The summed E-state index contributed by atoms with van der Waals surface area (Å²) in [5, 5.41) is 3.12. The fourth-order valence-corrected chi connectivity index (χ4v) is 3.59. The Hall–Kier alpha value is -1.69. The first kappa shape index (κ1) is 20.1. The highest BCUT2D eigenvalue weighted by Gasteiger charge is 2.51. The molecule has 1 aliphatic rings. The van der Waals surface area contributed by atoms with Crippen LogP contribution in [0.1, 0.15) is 36.5 Å². The average Bonchev–Trinajstić information content (AvgIpc) is 3.48. The van der Waals surface area contributed by atoms with Gasteiger partial charge in [0.25, 0.3) is 0 Å². The van der Waals surface area contributed by atoms with Gasteiger partial charge in [-0.1, -0.05) is 52.3 Å². The Morgan fingerprint density at radius 1 is 1.07 bits per heavy atom. The number of benzene rings is 2. The number of halogens is 1. The summed E-state index contributed by atoms with van der Waals surface area (Å²) in [5.41, 5.74) is 2.92. The van der Waals surface area contributed by atoms with E-state index in [0.717, 1.165) is 34.0 Å². The molecule has 3 rings (SSSR count). The highest BCUT2D eigenvalue weighted by Crippen LogP contribution is 2.48. The van der Waals surface area contributed by atoms with E-state index in [4.69, 9.17) is 9.47 Å². The van der Waals surface area contributed by atoms with E-state index < -0.39 is 0 Å². The Bertz CT molecular complexity index is 774. The summed E-state index contributed by atoms with van der Waals surface area (Å²) in [6.07, 6.45) is 1.81. The smallest absolute Gasteiger partial charge is 0.230 e. The van der Waals surface area contributed by atoms with Gasteiger partial charge in [-0.25, -0.2) is 0 Å². The SMILES string of the molecule is CCOCCOCc1cccc(CNC(=O)C2(c3cccc(Br)c3)CC2)c1. The highest BCUT2D eigenvalue weighted by molar-refractivity contribution is 9.10. The number of amides is 1. The topological polar surface area (TPSA) is 47.6 Å². The zero-order valence-electron chi connectivity index (χ0n) is 15.7. The van der Waals surface area contributed by atoms with Gasteiger partial charge in [-0.05, 0) is 48.6 Å². The maximum atomic E-state index is 12.8. The molecule has 0 bridgehead atoms. The molecule has 0 heterocycles. The van der Waals surface area contributed by atoms with E-state index in [1.807, 2.05) is 49.4 Å². The third kappa shape index (κ3) is 5.41. The second kappa shape index (κ2) is 9.49. The molecule has 2 aromatic rings. The second-order valence-electron chi connectivity index (χ2n) is 6.84. The van der Waals surface area contributed by atoms with Crippen LogP contribution < -0.4 is 5.32 Å². The molecule has 0 aromatic heterocycles. The van der Waals surface area contributed by atoms with Gasteiger partial charge < -0.3 is 14.8 Å². The molecule has 0 unspecified atom stereocenters. The molecule has 0 radical (unpaired) electrons. The predicted octanol–water partition coefficient (Wildman–Crippen LogP) is 4.35. The van der Waals surface area contributed by atoms with Crippen molar-refractivity contribution >= 4 is 21.8 Å². The Kier molecular flexibility index (Phi) is 7.05. The standard InChI is InChI=1S/C22H26BrNO3/c1-2-26-11-12-27-16-18-6-3-5-17(13-18)15-24-21(25)22(9-10-22)19-7-4-8-20(23)14-19/h3-8,13-14H,2,9-12,15-16H2,1H3,(H,24,25). The van der Waals surface area contributed by atoms with Crippen LogP contribution in [0.15, 0.2) is 53.0 Å². The van der Waals surface area contributed by atoms with Crippen molar-refractivity contribution in [3.8, 4) is 0 Å². The lowest BCUT2D eigenvalue weighted by atomic mass is 9.95. The molecule has 0 aliphatic heterocycles. The summed E-state index contributed by atoms with van der Waals surface area (Å²) in [4.78, 5) is 12.8. The fraction of sp³-hybridized carbons (Fsp3) is 0.409. The van der Waals surface area contributed by atoms with Crippen molar-refractivity contribution in [2.45, 2.75) is 38.3 Å². The van der Waals surface area contributed by atoms with Gasteiger partial charge in [-0.2, -0.15) is 0 Å². The third-order valence-electron chi connectivity index (χ3n) is 4.85. The van der Waals surface area contributed by atoms with E-state index in [1.54, 1.807) is 0 Å². The number of ether oxygens (including phenoxy) is 2. The first-order valence-corrected chi connectivity index (χ1v) is 10.2. The van der Waals surface area contributed by atoms with E-state index in [2.05, 4.69) is 27.3 Å². The molecule has 27 heavy (non-hydrogen) atoms. The lowest BCUT2D eigenvalue weighted by molar-refractivity contribution is -0.123. The summed E-state index contributed by atoms with van der Waals surface area (Å²) in [7, 11) is 0. The molecule has 4 nitrogen and oxygen atoms in total. The van der Waals surface area contributed by atoms with Crippen LogP contribution in [0.2, 0.25) is 0 Å². The maximum absolute atomic E-state index is 12.8. The van der Waals surface area contributed by atoms with Crippen LogP contribution in [0.4, 0.5) is 0 Å². The zero-order valence-corrected chi connectivity index (χ0v) is 17.3. The van der Waals surface area contributed by atoms with Gasteiger partial charge in [-0.3, -0.25) is 4.79 Å². The van der Waals surface area contributed by atoms with E-state index in [-0.39, 0.29) is 11.3 Å². The minimum Gasteiger partial charge on any atom is -0.379 e. The van der Waals surface area contributed by atoms with Crippen molar-refractivity contribution in [1.29, 1.82) is 0 Å². The third-order valence-corrected chi connectivity index (χ3v) is 5.34. The molecule has 5 heteroatoms. The lowest BCUT2D eigenvalue weighted by Gasteiger charge is -2.16. The van der Waals surface area contributed by atoms with Crippen molar-refractivity contribution < 1.29 is 14.3 Å². The summed E-state index contributed by atoms with van der Waals surface area (Å²) in [6.45, 7) is 4.96. The number of carbonyl (C=O) groups is 1. The normalized spacial score (nSPS) is 14.7. The van der Waals surface area contributed by atoms with Crippen LogP contribution in [0.3, 0.4) is 0 Å². The molecule has 0 spiro atoms. The second-order valence-corrected chi connectivity index (χ2v) is 7.76. The fourth-order valence-electron chi connectivity index (χ4n) is 3.19. The molecule has 0 saturated heterocycles. The van der Waals surface area contributed by atoms with Crippen molar-refractivity contribution in [3.05, 3.63) is 69.7 Å². The van der Waals surface area contributed by atoms with E-state index in [1.165, 1.54) is 0 Å². The number of hydrogen-bond donors (Lipinski definition) is 1. The van der Waals surface area contributed by atoms with Gasteiger partial charge in [0.2, 0.25) is 5.91 Å². The Balaban J connectivity index is 1.52. The van der Waals surface area contributed by atoms with Crippen LogP contribution >= 0.6 is 15.9 Å². The predicted molar refractivity (Wildman–Crippen MR) is 109 cm³/mol. The van der Waals surface area contributed by atoms with E-state index >= 15 is 0 Å². The molecule has 1 saturated carbocycles. The number of hydrogen-bond acceptors (Lipinski definition) is 3. The summed E-state index contributed by atoms with van der Waals surface area (Å²) in [6, 6.07) is 16.2. The molecule has 1 fully saturated rings. The van der Waals surface area contributed by atoms with Gasteiger partial charge in [0.15, 0.2) is 0 Å². The summed E-state index contributed by atoms with van der Waals surface area (Å²) in [5.74, 6) is 0.110. The van der Waals surface area contributed by atoms with Gasteiger partial charge in [0.05, 0.1) is 25.2 Å². The number of carbonyl (C=O) groups excluding carboxylic acids is 1. The van der Waals surface area contributed by atoms with Crippen LogP contribution in [0, 0.1) is 0 Å². The molecule has 1 amide bonds. The van der Waals surface area contributed by atoms with Crippen LogP contribution in [0.25, 0.3) is 0 Å². The largest absolute Gasteiger partial charge is 0.379 e. The van der Waals surface area contributed by atoms with Crippen LogP contribution in [-0.4, -0.2) is 25.7 Å².